The number of nitrogens with one attached hydrogen (secondary N) is 1. The van der Waals surface area contributed by atoms with Crippen molar-refractivity contribution in [2.45, 2.75) is 19.9 Å². The first kappa shape index (κ1) is 21.1. The highest BCUT2D eigenvalue weighted by molar-refractivity contribution is 9.10. The monoisotopic (exact) mass is 475 g/mol. The van der Waals surface area contributed by atoms with Gasteiger partial charge in [0.1, 0.15) is 5.82 Å². The third-order valence-corrected chi connectivity index (χ3v) is 5.51. The average Bonchev–Trinajstić information content (AvgIpc) is 3.12. The summed E-state index contributed by atoms with van der Waals surface area (Å²) >= 11 is 4.83. The Hall–Kier alpha value is -2.58. The number of aryl methyl sites for hydroxylation is 1. The molecule has 1 N–H and O–H groups in total. The molecule has 0 radical (unpaired) electrons. The molecule has 0 spiro atoms. The van der Waals surface area contributed by atoms with Gasteiger partial charge in [-0.2, -0.15) is 0 Å². The van der Waals surface area contributed by atoms with E-state index in [9.17, 15) is 14.0 Å². The molecule has 0 saturated heterocycles. The van der Waals surface area contributed by atoms with Crippen LogP contribution in [-0.4, -0.2) is 23.3 Å². The van der Waals surface area contributed by atoms with E-state index in [2.05, 4.69) is 26.2 Å². The van der Waals surface area contributed by atoms with E-state index in [-0.39, 0.29) is 37.1 Å². The van der Waals surface area contributed by atoms with Gasteiger partial charge >= 0.3 is 0 Å². The lowest BCUT2D eigenvalue weighted by Crippen LogP contribution is -2.34. The van der Waals surface area contributed by atoms with Gasteiger partial charge in [-0.1, -0.05) is 15.9 Å². The van der Waals surface area contributed by atoms with Crippen LogP contribution in [0.4, 0.5) is 10.1 Å². The number of hydrogen-bond acceptors (Lipinski definition) is 4. The molecule has 8 heteroatoms. The Morgan fingerprint density at radius 3 is 2.45 bits per heavy atom. The highest BCUT2D eigenvalue weighted by Gasteiger charge is 2.18. The van der Waals surface area contributed by atoms with Gasteiger partial charge in [-0.3, -0.25) is 9.59 Å². The number of benzene rings is 2. The summed E-state index contributed by atoms with van der Waals surface area (Å²) in [7, 11) is 0. The predicted molar refractivity (Wildman–Crippen MR) is 116 cm³/mol. The van der Waals surface area contributed by atoms with Crippen molar-refractivity contribution in [3.05, 3.63) is 80.5 Å². The van der Waals surface area contributed by atoms with E-state index < -0.39 is 0 Å². The first-order valence-electron chi connectivity index (χ1n) is 8.93. The van der Waals surface area contributed by atoms with E-state index >= 15 is 0 Å². The maximum Gasteiger partial charge on any atom is 0.251 e. The number of carbonyl (C=O) groups is 2. The number of anilines is 1. The van der Waals surface area contributed by atoms with Crippen LogP contribution >= 0.6 is 27.3 Å². The smallest absolute Gasteiger partial charge is 0.251 e. The molecule has 29 heavy (non-hydrogen) atoms. The normalized spacial score (nSPS) is 10.6. The van der Waals surface area contributed by atoms with Crippen molar-refractivity contribution >= 4 is 44.8 Å². The maximum atomic E-state index is 13.3. The number of halogens is 2. The standard InChI is InChI=1S/C21H19BrFN3O2S/c1-14-25-18(13-29-14)12-26(19-8-6-17(23)7-9-19)20(27)10-11-24-21(28)15-2-4-16(22)5-3-15/h2-9,13H,10-12H2,1H3,(H,24,28). The molecule has 0 aliphatic heterocycles. The van der Waals surface area contributed by atoms with Crippen molar-refractivity contribution in [1.29, 1.82) is 0 Å². The van der Waals surface area contributed by atoms with Crippen molar-refractivity contribution in [2.75, 3.05) is 11.4 Å². The molecule has 3 aromatic rings. The molecule has 5 nitrogen and oxygen atoms in total. The van der Waals surface area contributed by atoms with Crippen molar-refractivity contribution < 1.29 is 14.0 Å². The largest absolute Gasteiger partial charge is 0.352 e. The van der Waals surface area contributed by atoms with Crippen LogP contribution in [0.3, 0.4) is 0 Å². The fraction of sp³-hybridized carbons (Fsp3) is 0.190. The highest BCUT2D eigenvalue weighted by atomic mass is 79.9. The summed E-state index contributed by atoms with van der Waals surface area (Å²) in [4.78, 5) is 31.0. The lowest BCUT2D eigenvalue weighted by atomic mass is 10.2. The number of thiazole rings is 1. The van der Waals surface area contributed by atoms with E-state index in [1.807, 2.05) is 12.3 Å². The van der Waals surface area contributed by atoms with Crippen molar-refractivity contribution in [2.24, 2.45) is 0 Å². The van der Waals surface area contributed by atoms with Crippen LogP contribution in [-0.2, 0) is 11.3 Å². The molecule has 0 aliphatic carbocycles. The fourth-order valence-electron chi connectivity index (χ4n) is 2.71. The minimum Gasteiger partial charge on any atom is -0.352 e. The molecule has 3 rings (SSSR count). The van der Waals surface area contributed by atoms with Gasteiger partial charge < -0.3 is 10.2 Å². The zero-order valence-corrected chi connectivity index (χ0v) is 18.1. The van der Waals surface area contributed by atoms with Crippen LogP contribution in [0.2, 0.25) is 0 Å². The van der Waals surface area contributed by atoms with Gasteiger partial charge in [-0.15, -0.1) is 11.3 Å². The Labute approximate surface area is 180 Å². The van der Waals surface area contributed by atoms with Crippen LogP contribution in [0.5, 0.6) is 0 Å². The van der Waals surface area contributed by atoms with Crippen LogP contribution in [0, 0.1) is 12.7 Å². The maximum absolute atomic E-state index is 13.3. The lowest BCUT2D eigenvalue weighted by Gasteiger charge is -2.22. The van der Waals surface area contributed by atoms with Gasteiger partial charge in [0.15, 0.2) is 0 Å². The Morgan fingerprint density at radius 2 is 1.83 bits per heavy atom. The summed E-state index contributed by atoms with van der Waals surface area (Å²) in [6.45, 7) is 2.38. The third-order valence-electron chi connectivity index (χ3n) is 4.16. The molecule has 1 aromatic heterocycles. The molecule has 2 aromatic carbocycles. The van der Waals surface area contributed by atoms with Crippen molar-refractivity contribution in [1.82, 2.24) is 10.3 Å². The number of hydrogen-bond donors (Lipinski definition) is 1. The van der Waals surface area contributed by atoms with Crippen molar-refractivity contribution in [3.63, 3.8) is 0 Å². The van der Waals surface area contributed by atoms with Crippen molar-refractivity contribution in [3.8, 4) is 0 Å². The molecule has 1 heterocycles. The summed E-state index contributed by atoms with van der Waals surface area (Å²) in [5.74, 6) is -0.792. The third kappa shape index (κ3) is 5.95. The topological polar surface area (TPSA) is 62.3 Å². The summed E-state index contributed by atoms with van der Waals surface area (Å²) in [6.07, 6.45) is 0.114. The van der Waals surface area contributed by atoms with Gasteiger partial charge in [0.05, 0.1) is 17.2 Å². The molecule has 0 fully saturated rings. The van der Waals surface area contributed by atoms with E-state index in [1.165, 1.54) is 23.5 Å². The molecule has 2 amide bonds. The van der Waals surface area contributed by atoms with Gasteiger partial charge in [-0.25, -0.2) is 9.37 Å². The molecule has 0 unspecified atom stereocenters. The number of carbonyl (C=O) groups excluding carboxylic acids is 2. The number of aromatic nitrogens is 1. The quantitative estimate of drug-likeness (QED) is 0.538. The molecule has 0 atom stereocenters. The zero-order valence-electron chi connectivity index (χ0n) is 15.7. The average molecular weight is 476 g/mol. The second-order valence-electron chi connectivity index (χ2n) is 6.33. The second-order valence-corrected chi connectivity index (χ2v) is 8.30. The Balaban J connectivity index is 1.65. The Bertz CT molecular complexity index is 990. The molecular weight excluding hydrogens is 457 g/mol. The van der Waals surface area contributed by atoms with Crippen LogP contribution in [0.25, 0.3) is 0 Å². The lowest BCUT2D eigenvalue weighted by molar-refractivity contribution is -0.118. The number of rotatable bonds is 7. The van der Waals surface area contributed by atoms with Gasteiger partial charge in [0, 0.05) is 34.1 Å². The van der Waals surface area contributed by atoms with E-state index in [4.69, 9.17) is 0 Å². The zero-order chi connectivity index (χ0) is 20.8. The second kappa shape index (κ2) is 9.76. The molecule has 150 valence electrons. The first-order chi connectivity index (χ1) is 13.9. The van der Waals surface area contributed by atoms with E-state index in [0.717, 1.165) is 15.2 Å². The van der Waals surface area contributed by atoms with Crippen LogP contribution in [0.1, 0.15) is 27.5 Å². The van der Waals surface area contributed by atoms with Crippen LogP contribution < -0.4 is 10.2 Å². The van der Waals surface area contributed by atoms with Crippen LogP contribution in [0.15, 0.2) is 58.4 Å². The Kier molecular flexibility index (Phi) is 7.11. The highest BCUT2D eigenvalue weighted by Crippen LogP contribution is 2.20. The number of nitrogens with zero attached hydrogens (tertiary/aromatic N) is 2. The van der Waals surface area contributed by atoms with Gasteiger partial charge in [-0.05, 0) is 55.5 Å². The fourth-order valence-corrected chi connectivity index (χ4v) is 3.58. The summed E-state index contributed by atoms with van der Waals surface area (Å²) < 4.78 is 14.2. The number of amides is 2. The van der Waals surface area contributed by atoms with E-state index in [0.29, 0.717) is 11.3 Å². The molecule has 0 aliphatic rings. The molecular formula is C21H19BrFN3O2S. The first-order valence-corrected chi connectivity index (χ1v) is 10.6. The SMILES string of the molecule is Cc1nc(CN(C(=O)CCNC(=O)c2ccc(Br)cc2)c2ccc(F)cc2)cs1. The molecule has 0 saturated carbocycles. The summed E-state index contributed by atoms with van der Waals surface area (Å²) in [5, 5.41) is 5.57. The van der Waals surface area contributed by atoms with E-state index in [1.54, 1.807) is 41.3 Å². The predicted octanol–water partition coefficient (Wildman–Crippen LogP) is 4.71. The minimum atomic E-state index is -0.368. The summed E-state index contributed by atoms with van der Waals surface area (Å²) in [6, 6.07) is 12.7. The Morgan fingerprint density at radius 1 is 1.14 bits per heavy atom. The van der Waals surface area contributed by atoms with Gasteiger partial charge in [0.25, 0.3) is 5.91 Å². The minimum absolute atomic E-state index is 0.114. The summed E-state index contributed by atoms with van der Waals surface area (Å²) in [5.41, 5.74) is 1.87. The molecule has 0 bridgehead atoms. The van der Waals surface area contributed by atoms with Gasteiger partial charge in [0.2, 0.25) is 5.91 Å².